The fourth-order valence-electron chi connectivity index (χ4n) is 7.58. The molecule has 4 aliphatic rings. The fraction of sp³-hybridized carbons (Fsp3) is 0.808. The van der Waals surface area contributed by atoms with E-state index in [0.717, 1.165) is 51.4 Å². The van der Waals surface area contributed by atoms with Gasteiger partial charge in [-0.15, -0.1) is 0 Å². The number of carbonyl (C=O) groups excluding carboxylic acids is 3. The summed E-state index contributed by atoms with van der Waals surface area (Å²) in [4.78, 5) is 37.8. The van der Waals surface area contributed by atoms with Gasteiger partial charge in [0.15, 0.2) is 0 Å². The molecule has 0 aliphatic heterocycles. The number of ether oxygens (including phenoxy) is 1. The summed E-state index contributed by atoms with van der Waals surface area (Å²) in [6.45, 7) is 8.17. The Labute approximate surface area is 181 Å². The number of esters is 1. The van der Waals surface area contributed by atoms with Crippen molar-refractivity contribution in [2.45, 2.75) is 98.0 Å². The second kappa shape index (κ2) is 7.91. The molecule has 3 saturated carbocycles. The lowest BCUT2D eigenvalue weighted by Crippen LogP contribution is -2.54. The summed E-state index contributed by atoms with van der Waals surface area (Å²) < 4.78 is 5.57. The molecule has 4 nitrogen and oxygen atoms in total. The van der Waals surface area contributed by atoms with E-state index in [0.29, 0.717) is 42.2 Å². The number of hydrogen-bond acceptors (Lipinski definition) is 4. The molecule has 3 fully saturated rings. The van der Waals surface area contributed by atoms with E-state index in [2.05, 4.69) is 26.8 Å². The van der Waals surface area contributed by atoms with Crippen molar-refractivity contribution in [3.63, 3.8) is 0 Å². The van der Waals surface area contributed by atoms with Crippen LogP contribution >= 0.6 is 0 Å². The number of carbonyl (C=O) groups is 3. The predicted octanol–water partition coefficient (Wildman–Crippen LogP) is 5.44. The third kappa shape index (κ3) is 3.39. The van der Waals surface area contributed by atoms with Crippen LogP contribution in [0.1, 0.15) is 91.9 Å². The molecule has 0 aromatic rings. The van der Waals surface area contributed by atoms with Gasteiger partial charge < -0.3 is 4.74 Å². The summed E-state index contributed by atoms with van der Waals surface area (Å²) in [5, 5.41) is 0. The highest BCUT2D eigenvalue weighted by Gasteiger charge is 2.61. The highest BCUT2D eigenvalue weighted by Crippen LogP contribution is 2.65. The minimum absolute atomic E-state index is 0.0633. The molecular formula is C26H38O4. The van der Waals surface area contributed by atoms with Gasteiger partial charge in [-0.3, -0.25) is 14.4 Å². The van der Waals surface area contributed by atoms with Crippen LogP contribution in [0.5, 0.6) is 0 Å². The Hall–Kier alpha value is -1.45. The maximum absolute atomic E-state index is 13.4. The van der Waals surface area contributed by atoms with E-state index in [-0.39, 0.29) is 28.8 Å². The van der Waals surface area contributed by atoms with Gasteiger partial charge >= 0.3 is 5.97 Å². The van der Waals surface area contributed by atoms with E-state index in [4.69, 9.17) is 4.74 Å². The standard InChI is InChI=1S/C26H38O4/c1-5-6-7-22(28)19-15-17-14-18(30-16(2)27)10-12-25(17,3)21-11-13-26(4)20(24(19)21)8-9-23(26)29/h15,18-21,24H,5-14H2,1-4H3/t18-,19?,20-,21-,24-,25-,26-/m0/s1. The van der Waals surface area contributed by atoms with Gasteiger partial charge in [-0.1, -0.05) is 38.8 Å². The summed E-state index contributed by atoms with van der Waals surface area (Å²) in [5.41, 5.74) is 1.17. The molecule has 0 spiro atoms. The van der Waals surface area contributed by atoms with Gasteiger partial charge in [0.25, 0.3) is 0 Å². The molecule has 0 bridgehead atoms. The lowest BCUT2D eigenvalue weighted by molar-refractivity contribution is -0.150. The molecule has 0 aromatic carbocycles. The lowest BCUT2D eigenvalue weighted by atomic mass is 9.45. The van der Waals surface area contributed by atoms with E-state index in [9.17, 15) is 14.4 Å². The second-order valence-corrected chi connectivity index (χ2v) is 10.9. The van der Waals surface area contributed by atoms with Gasteiger partial charge in [0.05, 0.1) is 0 Å². The SMILES string of the molecule is CCCCC(=O)C1C=C2C[C@@H](OC(C)=O)CC[C@]2(C)[C@H]2CC[C@]3(C)C(=O)CC[C@H]3[C@H]12. The summed E-state index contributed by atoms with van der Waals surface area (Å²) in [7, 11) is 0. The van der Waals surface area contributed by atoms with Crippen molar-refractivity contribution >= 4 is 17.5 Å². The van der Waals surface area contributed by atoms with Crippen LogP contribution in [-0.2, 0) is 19.1 Å². The number of hydrogen-bond donors (Lipinski definition) is 0. The van der Waals surface area contributed by atoms with Gasteiger partial charge in [0.1, 0.15) is 17.7 Å². The molecule has 0 amide bonds. The zero-order valence-corrected chi connectivity index (χ0v) is 19.2. The van der Waals surface area contributed by atoms with Crippen molar-refractivity contribution in [3.05, 3.63) is 11.6 Å². The maximum atomic E-state index is 13.4. The van der Waals surface area contributed by atoms with E-state index < -0.39 is 0 Å². The van der Waals surface area contributed by atoms with E-state index >= 15 is 0 Å². The summed E-state index contributed by atoms with van der Waals surface area (Å²) in [6.07, 6.45) is 11.1. The van der Waals surface area contributed by atoms with Crippen LogP contribution in [0.15, 0.2) is 11.6 Å². The normalized spacial score (nSPS) is 42.6. The molecule has 4 rings (SSSR count). The first-order valence-electron chi connectivity index (χ1n) is 12.1. The Bertz CT molecular complexity index is 767. The van der Waals surface area contributed by atoms with Gasteiger partial charge in [0.2, 0.25) is 0 Å². The molecule has 7 atom stereocenters. The van der Waals surface area contributed by atoms with Crippen LogP contribution in [-0.4, -0.2) is 23.6 Å². The molecule has 0 saturated heterocycles. The number of ketones is 2. The average molecular weight is 415 g/mol. The first-order chi connectivity index (χ1) is 14.2. The number of fused-ring (bicyclic) bond motifs is 5. The van der Waals surface area contributed by atoms with Crippen molar-refractivity contribution in [2.24, 2.45) is 34.5 Å². The molecule has 0 aromatic heterocycles. The fourth-order valence-corrected chi connectivity index (χ4v) is 7.58. The van der Waals surface area contributed by atoms with Crippen molar-refractivity contribution in [3.8, 4) is 0 Å². The minimum atomic E-state index is -0.235. The summed E-state index contributed by atoms with van der Waals surface area (Å²) in [5.74, 6) is 1.57. The van der Waals surface area contributed by atoms with E-state index in [1.807, 2.05) is 0 Å². The molecule has 0 N–H and O–H groups in total. The Morgan fingerprint density at radius 3 is 2.50 bits per heavy atom. The van der Waals surface area contributed by atoms with Crippen molar-refractivity contribution in [1.82, 2.24) is 0 Å². The topological polar surface area (TPSA) is 60.4 Å². The molecule has 1 unspecified atom stereocenters. The monoisotopic (exact) mass is 414 g/mol. The van der Waals surface area contributed by atoms with Gasteiger partial charge in [-0.05, 0) is 61.7 Å². The highest BCUT2D eigenvalue weighted by molar-refractivity contribution is 5.88. The molecule has 0 radical (unpaired) electrons. The van der Waals surface area contributed by atoms with Crippen LogP contribution < -0.4 is 0 Å². The molecule has 4 aliphatic carbocycles. The maximum Gasteiger partial charge on any atom is 0.302 e. The van der Waals surface area contributed by atoms with Crippen molar-refractivity contribution in [2.75, 3.05) is 0 Å². The van der Waals surface area contributed by atoms with Crippen LogP contribution in [0.2, 0.25) is 0 Å². The quantitative estimate of drug-likeness (QED) is 0.444. The zero-order valence-electron chi connectivity index (χ0n) is 19.2. The minimum Gasteiger partial charge on any atom is -0.462 e. The molecular weight excluding hydrogens is 376 g/mol. The lowest BCUT2D eigenvalue weighted by Gasteiger charge is -2.58. The van der Waals surface area contributed by atoms with Gasteiger partial charge in [-0.2, -0.15) is 0 Å². The first-order valence-corrected chi connectivity index (χ1v) is 12.1. The van der Waals surface area contributed by atoms with Crippen molar-refractivity contribution in [1.29, 1.82) is 0 Å². The van der Waals surface area contributed by atoms with Crippen molar-refractivity contribution < 1.29 is 19.1 Å². The van der Waals surface area contributed by atoms with E-state index in [1.54, 1.807) is 0 Å². The third-order valence-corrected chi connectivity index (χ3v) is 9.30. The summed E-state index contributed by atoms with van der Waals surface area (Å²) >= 11 is 0. The third-order valence-electron chi connectivity index (χ3n) is 9.30. The second-order valence-electron chi connectivity index (χ2n) is 10.9. The average Bonchev–Trinajstić information content (AvgIpc) is 3.00. The molecule has 0 heterocycles. The highest BCUT2D eigenvalue weighted by atomic mass is 16.5. The number of Topliss-reactive ketones (excluding diaryl/α,β-unsaturated/α-hetero) is 2. The Morgan fingerprint density at radius 2 is 1.80 bits per heavy atom. The van der Waals surface area contributed by atoms with Crippen LogP contribution in [0.25, 0.3) is 0 Å². The number of allylic oxidation sites excluding steroid dienone is 1. The Kier molecular flexibility index (Phi) is 5.74. The largest absolute Gasteiger partial charge is 0.462 e. The Morgan fingerprint density at radius 1 is 1.10 bits per heavy atom. The van der Waals surface area contributed by atoms with Gasteiger partial charge in [-0.25, -0.2) is 0 Å². The van der Waals surface area contributed by atoms with E-state index in [1.165, 1.54) is 12.5 Å². The zero-order chi connectivity index (χ0) is 21.7. The van der Waals surface area contributed by atoms with Crippen LogP contribution in [0, 0.1) is 34.5 Å². The number of rotatable bonds is 5. The molecule has 4 heteroatoms. The smallest absolute Gasteiger partial charge is 0.302 e. The molecule has 166 valence electrons. The summed E-state index contributed by atoms with van der Waals surface area (Å²) in [6, 6.07) is 0. The number of unbranched alkanes of at least 4 members (excludes halogenated alkanes) is 1. The predicted molar refractivity (Wildman–Crippen MR) is 116 cm³/mol. The Balaban J connectivity index is 1.72. The van der Waals surface area contributed by atoms with Crippen LogP contribution in [0.4, 0.5) is 0 Å². The van der Waals surface area contributed by atoms with Gasteiger partial charge in [0, 0.05) is 37.5 Å². The first kappa shape index (κ1) is 21.8. The van der Waals surface area contributed by atoms with Crippen LogP contribution in [0.3, 0.4) is 0 Å². The molecule has 30 heavy (non-hydrogen) atoms.